The van der Waals surface area contributed by atoms with Gasteiger partial charge in [0.1, 0.15) is 11.9 Å². The van der Waals surface area contributed by atoms with E-state index in [9.17, 15) is 18.1 Å². The van der Waals surface area contributed by atoms with Gasteiger partial charge in [0.25, 0.3) is 0 Å². The quantitative estimate of drug-likeness (QED) is 0.682. The van der Waals surface area contributed by atoms with Gasteiger partial charge >= 0.3 is 0 Å². The van der Waals surface area contributed by atoms with Gasteiger partial charge < -0.3 is 4.90 Å². The van der Waals surface area contributed by atoms with Crippen LogP contribution in [0.3, 0.4) is 0 Å². The molecule has 0 unspecified atom stereocenters. The van der Waals surface area contributed by atoms with Gasteiger partial charge in [0, 0.05) is 16.4 Å². The Morgan fingerprint density at radius 2 is 1.91 bits per heavy atom. The molecule has 0 atom stereocenters. The monoisotopic (exact) mass is 392 g/mol. The van der Waals surface area contributed by atoms with Crippen LogP contribution in [0.1, 0.15) is 5.56 Å². The summed E-state index contributed by atoms with van der Waals surface area (Å²) in [5.74, 6) is -0.549. The Balaban J connectivity index is 2.33. The van der Waals surface area contributed by atoms with E-state index in [2.05, 4.69) is 15.9 Å². The predicted octanol–water partition coefficient (Wildman–Crippen LogP) is 4.19. The third-order valence-corrected chi connectivity index (χ3v) is 5.73. The summed E-state index contributed by atoms with van der Waals surface area (Å²) >= 11 is 3.37. The maximum Gasteiger partial charge on any atom is 0.220 e. The number of nitrogens with zero attached hydrogens (tertiary/aromatic N) is 2. The Morgan fingerprint density at radius 3 is 2.57 bits per heavy atom. The van der Waals surface area contributed by atoms with Crippen LogP contribution in [0.25, 0.3) is 0 Å². The lowest BCUT2D eigenvalue weighted by Gasteiger charge is -2.28. The molecule has 0 radical (unpaired) electrons. The molecule has 7 heteroatoms. The van der Waals surface area contributed by atoms with Crippen LogP contribution in [-0.4, -0.2) is 8.42 Å². The molecule has 0 bridgehead atoms. The molecule has 1 heterocycles. The number of allylic oxidation sites excluding steroid dienone is 1. The second-order valence-electron chi connectivity index (χ2n) is 5.02. The van der Waals surface area contributed by atoms with Crippen LogP contribution < -0.4 is 4.90 Å². The van der Waals surface area contributed by atoms with Crippen molar-refractivity contribution in [1.82, 2.24) is 0 Å². The Bertz CT molecular complexity index is 994. The standard InChI is InChI=1S/C16H10BrFN2O2S/c1-10-6-11(17)2-4-14(10)20-9-13(8-19)23(21,22)16-5-3-12(18)7-15(16)20/h2-7,9H,1H3. The highest BCUT2D eigenvalue weighted by molar-refractivity contribution is 9.10. The van der Waals surface area contributed by atoms with Gasteiger partial charge in [-0.25, -0.2) is 12.8 Å². The van der Waals surface area contributed by atoms with Crippen molar-refractivity contribution < 1.29 is 12.8 Å². The smallest absolute Gasteiger partial charge is 0.220 e. The van der Waals surface area contributed by atoms with Crippen LogP contribution in [0.4, 0.5) is 15.8 Å². The number of sulfone groups is 1. The number of rotatable bonds is 1. The van der Waals surface area contributed by atoms with E-state index in [0.717, 1.165) is 22.2 Å². The number of hydrogen-bond acceptors (Lipinski definition) is 4. The lowest BCUT2D eigenvalue weighted by atomic mass is 10.1. The van der Waals surface area contributed by atoms with Crippen LogP contribution >= 0.6 is 15.9 Å². The average molecular weight is 393 g/mol. The van der Waals surface area contributed by atoms with Gasteiger partial charge in [-0.15, -0.1) is 0 Å². The number of hydrogen-bond donors (Lipinski definition) is 0. The van der Waals surface area contributed by atoms with E-state index < -0.39 is 15.7 Å². The largest absolute Gasteiger partial charge is 0.313 e. The Hall–Kier alpha value is -2.17. The second kappa shape index (κ2) is 5.48. The molecule has 116 valence electrons. The summed E-state index contributed by atoms with van der Waals surface area (Å²) in [7, 11) is -3.93. The van der Waals surface area contributed by atoms with Crippen molar-refractivity contribution in [2.24, 2.45) is 0 Å². The number of anilines is 2. The molecular formula is C16H10BrFN2O2S. The first-order valence-corrected chi connectivity index (χ1v) is 8.84. The van der Waals surface area contributed by atoms with Crippen molar-refractivity contribution in [2.75, 3.05) is 4.90 Å². The maximum absolute atomic E-state index is 13.7. The molecule has 4 nitrogen and oxygen atoms in total. The highest BCUT2D eigenvalue weighted by atomic mass is 79.9. The van der Waals surface area contributed by atoms with Crippen LogP contribution in [0, 0.1) is 24.1 Å². The zero-order valence-electron chi connectivity index (χ0n) is 11.9. The van der Waals surface area contributed by atoms with E-state index in [1.807, 2.05) is 13.0 Å². The van der Waals surface area contributed by atoms with Crippen molar-refractivity contribution in [3.63, 3.8) is 0 Å². The van der Waals surface area contributed by atoms with Crippen LogP contribution in [0.5, 0.6) is 0 Å². The van der Waals surface area contributed by atoms with E-state index in [0.29, 0.717) is 5.69 Å². The van der Waals surface area contributed by atoms with E-state index in [4.69, 9.17) is 0 Å². The fourth-order valence-electron chi connectivity index (χ4n) is 2.46. The number of benzene rings is 2. The van der Waals surface area contributed by atoms with Crippen molar-refractivity contribution in [3.05, 3.63) is 63.4 Å². The van der Waals surface area contributed by atoms with Crippen LogP contribution in [0.2, 0.25) is 0 Å². The van der Waals surface area contributed by atoms with Gasteiger partial charge in [0.2, 0.25) is 9.84 Å². The van der Waals surface area contributed by atoms with E-state index >= 15 is 0 Å². The maximum atomic E-state index is 13.7. The van der Waals surface area contributed by atoms with Gasteiger partial charge in [-0.05, 0) is 48.9 Å². The molecule has 0 aliphatic carbocycles. The fourth-order valence-corrected chi connectivity index (χ4v) is 4.21. The molecule has 1 aliphatic rings. The minimum atomic E-state index is -3.93. The molecule has 0 N–H and O–H groups in total. The molecular weight excluding hydrogens is 383 g/mol. The van der Waals surface area contributed by atoms with Crippen molar-refractivity contribution in [2.45, 2.75) is 11.8 Å². The first-order valence-electron chi connectivity index (χ1n) is 6.56. The van der Waals surface area contributed by atoms with Crippen LogP contribution in [0.15, 0.2) is 56.9 Å². The van der Waals surface area contributed by atoms with Gasteiger partial charge in [-0.2, -0.15) is 5.26 Å². The Kier molecular flexibility index (Phi) is 3.74. The number of fused-ring (bicyclic) bond motifs is 1. The van der Waals surface area contributed by atoms with Gasteiger partial charge in [0.15, 0.2) is 4.91 Å². The third kappa shape index (κ3) is 2.54. The third-order valence-electron chi connectivity index (χ3n) is 3.53. The van der Waals surface area contributed by atoms with E-state index in [1.54, 1.807) is 18.2 Å². The van der Waals surface area contributed by atoms with Crippen molar-refractivity contribution in [1.29, 1.82) is 5.26 Å². The molecule has 3 rings (SSSR count). The highest BCUT2D eigenvalue weighted by Crippen LogP contribution is 2.41. The molecule has 0 amide bonds. The molecule has 2 aromatic rings. The van der Waals surface area contributed by atoms with Crippen LogP contribution in [-0.2, 0) is 9.84 Å². The molecule has 0 aromatic heterocycles. The summed E-state index contributed by atoms with van der Waals surface area (Å²) in [6.45, 7) is 1.85. The normalized spacial score (nSPS) is 15.6. The second-order valence-corrected chi connectivity index (χ2v) is 7.82. The van der Waals surface area contributed by atoms with Gasteiger partial charge in [-0.3, -0.25) is 0 Å². The minimum absolute atomic E-state index is 0.0831. The fraction of sp³-hybridized carbons (Fsp3) is 0.0625. The predicted molar refractivity (Wildman–Crippen MR) is 88.3 cm³/mol. The highest BCUT2D eigenvalue weighted by Gasteiger charge is 2.32. The van der Waals surface area contributed by atoms with E-state index in [-0.39, 0.29) is 15.5 Å². The molecule has 0 saturated carbocycles. The molecule has 0 saturated heterocycles. The summed E-state index contributed by atoms with van der Waals surface area (Å²) in [5.41, 5.74) is 1.71. The first-order chi connectivity index (χ1) is 10.8. The molecule has 0 spiro atoms. The van der Waals surface area contributed by atoms with Gasteiger partial charge in [0.05, 0.1) is 10.6 Å². The zero-order chi connectivity index (χ0) is 16.8. The zero-order valence-corrected chi connectivity index (χ0v) is 14.3. The first kappa shape index (κ1) is 15.7. The Morgan fingerprint density at radius 1 is 1.17 bits per heavy atom. The van der Waals surface area contributed by atoms with E-state index in [1.165, 1.54) is 17.2 Å². The molecule has 1 aliphatic heterocycles. The SMILES string of the molecule is Cc1cc(Br)ccc1N1C=C(C#N)S(=O)(=O)c2ccc(F)cc21. The average Bonchev–Trinajstić information content (AvgIpc) is 2.48. The lowest BCUT2D eigenvalue weighted by molar-refractivity contribution is 0.600. The molecule has 2 aromatic carbocycles. The number of halogens is 2. The topological polar surface area (TPSA) is 61.2 Å². The van der Waals surface area contributed by atoms with Crippen molar-refractivity contribution >= 4 is 37.1 Å². The van der Waals surface area contributed by atoms with Crippen molar-refractivity contribution in [3.8, 4) is 6.07 Å². The number of nitriles is 1. The summed E-state index contributed by atoms with van der Waals surface area (Å²) in [6, 6.07) is 10.5. The number of aryl methyl sites for hydroxylation is 1. The molecule has 23 heavy (non-hydrogen) atoms. The summed E-state index contributed by atoms with van der Waals surface area (Å²) in [5, 5.41) is 9.18. The summed E-state index contributed by atoms with van der Waals surface area (Å²) in [6.07, 6.45) is 1.23. The minimum Gasteiger partial charge on any atom is -0.313 e. The lowest BCUT2D eigenvalue weighted by Crippen LogP contribution is -2.22. The molecule has 0 fully saturated rings. The van der Waals surface area contributed by atoms with Gasteiger partial charge in [-0.1, -0.05) is 15.9 Å². The summed E-state index contributed by atoms with van der Waals surface area (Å²) < 4.78 is 39.4. The summed E-state index contributed by atoms with van der Waals surface area (Å²) in [4.78, 5) is 1.07. The Labute approximate surface area is 141 Å².